The molecule has 1 aromatic carbocycles. The van der Waals surface area contributed by atoms with Crippen LogP contribution in [0.25, 0.3) is 0 Å². The van der Waals surface area contributed by atoms with E-state index in [9.17, 15) is 4.79 Å². The van der Waals surface area contributed by atoms with Gasteiger partial charge in [0.25, 0.3) is 5.91 Å². The van der Waals surface area contributed by atoms with E-state index in [4.69, 9.17) is 0 Å². The molecule has 1 heterocycles. The highest BCUT2D eigenvalue weighted by atomic mass is 16.1. The Hall–Kier alpha value is -2.27. The van der Waals surface area contributed by atoms with E-state index < -0.39 is 0 Å². The SMILES string of the molecule is CC(C)NCc1cccc(NC(=O)c2ccnnc2)c1. The van der Waals surface area contributed by atoms with Gasteiger partial charge in [-0.25, -0.2) is 0 Å². The van der Waals surface area contributed by atoms with E-state index in [2.05, 4.69) is 34.7 Å². The van der Waals surface area contributed by atoms with Gasteiger partial charge in [0, 0.05) is 18.3 Å². The van der Waals surface area contributed by atoms with Crippen LogP contribution in [-0.2, 0) is 6.54 Å². The molecule has 0 saturated heterocycles. The molecule has 2 N–H and O–H groups in total. The fourth-order valence-electron chi connectivity index (χ4n) is 1.71. The molecule has 0 atom stereocenters. The molecule has 2 aromatic rings. The van der Waals surface area contributed by atoms with Crippen LogP contribution in [0.2, 0.25) is 0 Å². The van der Waals surface area contributed by atoms with Crippen LogP contribution < -0.4 is 10.6 Å². The maximum atomic E-state index is 12.0. The van der Waals surface area contributed by atoms with Gasteiger partial charge in [-0.15, -0.1) is 0 Å². The molecular weight excluding hydrogens is 252 g/mol. The zero-order valence-electron chi connectivity index (χ0n) is 11.6. The van der Waals surface area contributed by atoms with Crippen LogP contribution in [0.15, 0.2) is 42.7 Å². The van der Waals surface area contributed by atoms with Crippen molar-refractivity contribution in [3.63, 3.8) is 0 Å². The zero-order valence-corrected chi connectivity index (χ0v) is 11.6. The summed E-state index contributed by atoms with van der Waals surface area (Å²) >= 11 is 0. The summed E-state index contributed by atoms with van der Waals surface area (Å²) in [6.45, 7) is 4.97. The number of benzene rings is 1. The van der Waals surface area contributed by atoms with Crippen LogP contribution in [0, 0.1) is 0 Å². The van der Waals surface area contributed by atoms with Gasteiger partial charge in [0.2, 0.25) is 0 Å². The first kappa shape index (κ1) is 14.1. The highest BCUT2D eigenvalue weighted by molar-refractivity contribution is 6.03. The number of aromatic nitrogens is 2. The Morgan fingerprint density at radius 1 is 1.25 bits per heavy atom. The number of hydrogen-bond acceptors (Lipinski definition) is 4. The number of nitrogens with zero attached hydrogens (tertiary/aromatic N) is 2. The minimum Gasteiger partial charge on any atom is -0.322 e. The first-order valence-electron chi connectivity index (χ1n) is 6.55. The molecular formula is C15H18N4O. The molecule has 0 aliphatic heterocycles. The zero-order chi connectivity index (χ0) is 14.4. The smallest absolute Gasteiger partial charge is 0.257 e. The van der Waals surface area contributed by atoms with E-state index in [-0.39, 0.29) is 5.91 Å². The van der Waals surface area contributed by atoms with Crippen molar-refractivity contribution in [2.75, 3.05) is 5.32 Å². The van der Waals surface area contributed by atoms with Crippen molar-refractivity contribution >= 4 is 11.6 Å². The average Bonchev–Trinajstić information content (AvgIpc) is 2.46. The second-order valence-corrected chi connectivity index (χ2v) is 4.82. The van der Waals surface area contributed by atoms with E-state index in [0.29, 0.717) is 11.6 Å². The average molecular weight is 270 g/mol. The minimum atomic E-state index is -0.186. The summed E-state index contributed by atoms with van der Waals surface area (Å²) in [6, 6.07) is 9.84. The number of rotatable bonds is 5. The van der Waals surface area contributed by atoms with Crippen molar-refractivity contribution in [3.8, 4) is 0 Å². The summed E-state index contributed by atoms with van der Waals surface area (Å²) in [5, 5.41) is 13.5. The van der Waals surface area contributed by atoms with E-state index >= 15 is 0 Å². The normalized spacial score (nSPS) is 10.6. The fraction of sp³-hybridized carbons (Fsp3) is 0.267. The number of carbonyl (C=O) groups excluding carboxylic acids is 1. The molecule has 2 rings (SSSR count). The molecule has 5 heteroatoms. The molecule has 0 aliphatic carbocycles. The lowest BCUT2D eigenvalue weighted by Gasteiger charge is -2.10. The first-order chi connectivity index (χ1) is 9.65. The summed E-state index contributed by atoms with van der Waals surface area (Å²) in [4.78, 5) is 12.0. The van der Waals surface area contributed by atoms with Crippen molar-refractivity contribution in [2.45, 2.75) is 26.4 Å². The van der Waals surface area contributed by atoms with Crippen molar-refractivity contribution in [1.29, 1.82) is 0 Å². The quantitative estimate of drug-likeness (QED) is 0.874. The van der Waals surface area contributed by atoms with E-state index in [1.165, 1.54) is 12.4 Å². The topological polar surface area (TPSA) is 66.9 Å². The molecule has 104 valence electrons. The monoisotopic (exact) mass is 270 g/mol. The summed E-state index contributed by atoms with van der Waals surface area (Å²) in [6.07, 6.45) is 2.94. The molecule has 0 fully saturated rings. The minimum absolute atomic E-state index is 0.186. The molecule has 0 spiro atoms. The van der Waals surface area contributed by atoms with Crippen LogP contribution in [0.4, 0.5) is 5.69 Å². The third-order valence-corrected chi connectivity index (χ3v) is 2.75. The summed E-state index contributed by atoms with van der Waals surface area (Å²) in [5.41, 5.74) is 2.39. The van der Waals surface area contributed by atoms with Gasteiger partial charge in [-0.3, -0.25) is 4.79 Å². The Kier molecular flexibility index (Phi) is 4.79. The maximum absolute atomic E-state index is 12.0. The Morgan fingerprint density at radius 2 is 2.10 bits per heavy atom. The van der Waals surface area contributed by atoms with Crippen molar-refractivity contribution in [1.82, 2.24) is 15.5 Å². The second-order valence-electron chi connectivity index (χ2n) is 4.82. The van der Waals surface area contributed by atoms with Crippen LogP contribution in [0.1, 0.15) is 29.8 Å². The number of amides is 1. The highest BCUT2D eigenvalue weighted by Gasteiger charge is 2.06. The predicted molar refractivity (Wildman–Crippen MR) is 78.4 cm³/mol. The summed E-state index contributed by atoms with van der Waals surface area (Å²) in [5.74, 6) is -0.186. The molecule has 20 heavy (non-hydrogen) atoms. The first-order valence-corrected chi connectivity index (χ1v) is 6.55. The molecule has 0 saturated carbocycles. The van der Waals surface area contributed by atoms with Crippen LogP contribution >= 0.6 is 0 Å². The molecule has 0 radical (unpaired) electrons. The highest BCUT2D eigenvalue weighted by Crippen LogP contribution is 2.12. The maximum Gasteiger partial charge on any atom is 0.257 e. The fourth-order valence-corrected chi connectivity index (χ4v) is 1.71. The van der Waals surface area contributed by atoms with Gasteiger partial charge in [0.05, 0.1) is 18.0 Å². The van der Waals surface area contributed by atoms with E-state index in [1.54, 1.807) is 6.07 Å². The van der Waals surface area contributed by atoms with Crippen LogP contribution in [0.3, 0.4) is 0 Å². The summed E-state index contributed by atoms with van der Waals surface area (Å²) in [7, 11) is 0. The third-order valence-electron chi connectivity index (χ3n) is 2.75. The predicted octanol–water partition coefficient (Wildman–Crippen LogP) is 2.23. The van der Waals surface area contributed by atoms with Gasteiger partial charge in [-0.1, -0.05) is 26.0 Å². The van der Waals surface area contributed by atoms with Gasteiger partial charge in [-0.2, -0.15) is 10.2 Å². The van der Waals surface area contributed by atoms with Gasteiger partial charge < -0.3 is 10.6 Å². The van der Waals surface area contributed by atoms with Crippen LogP contribution in [0.5, 0.6) is 0 Å². The number of carbonyl (C=O) groups is 1. The molecule has 0 unspecified atom stereocenters. The Bertz CT molecular complexity index is 569. The number of nitrogens with one attached hydrogen (secondary N) is 2. The van der Waals surface area contributed by atoms with Crippen LogP contribution in [-0.4, -0.2) is 22.1 Å². The van der Waals surface area contributed by atoms with Crippen molar-refractivity contribution in [3.05, 3.63) is 53.9 Å². The standard InChI is InChI=1S/C15H18N4O/c1-11(2)16-9-12-4-3-5-14(8-12)19-15(20)13-6-7-17-18-10-13/h3-8,10-11,16H,9H2,1-2H3,(H,19,20). The number of hydrogen-bond donors (Lipinski definition) is 2. The molecule has 1 amide bonds. The van der Waals surface area contributed by atoms with Gasteiger partial charge >= 0.3 is 0 Å². The third kappa shape index (κ3) is 4.13. The van der Waals surface area contributed by atoms with Gasteiger partial charge in [0.15, 0.2) is 0 Å². The molecule has 0 bridgehead atoms. The summed E-state index contributed by atoms with van der Waals surface area (Å²) < 4.78 is 0. The number of anilines is 1. The lowest BCUT2D eigenvalue weighted by molar-refractivity contribution is 0.102. The van der Waals surface area contributed by atoms with Crippen molar-refractivity contribution in [2.24, 2.45) is 0 Å². The van der Waals surface area contributed by atoms with Gasteiger partial charge in [0.1, 0.15) is 0 Å². The molecule has 1 aromatic heterocycles. The Morgan fingerprint density at radius 3 is 2.80 bits per heavy atom. The molecule has 5 nitrogen and oxygen atoms in total. The van der Waals surface area contributed by atoms with Crippen molar-refractivity contribution < 1.29 is 4.79 Å². The van der Waals surface area contributed by atoms with E-state index in [0.717, 1.165) is 17.8 Å². The second kappa shape index (κ2) is 6.77. The van der Waals surface area contributed by atoms with E-state index in [1.807, 2.05) is 24.3 Å². The lowest BCUT2D eigenvalue weighted by atomic mass is 10.2. The lowest BCUT2D eigenvalue weighted by Crippen LogP contribution is -2.21. The molecule has 0 aliphatic rings. The van der Waals surface area contributed by atoms with Gasteiger partial charge in [-0.05, 0) is 23.8 Å². The Labute approximate surface area is 118 Å². The largest absolute Gasteiger partial charge is 0.322 e. The Balaban J connectivity index is 2.02.